The molecule has 0 amide bonds. The minimum atomic E-state index is -3.64. The first-order valence-corrected chi connectivity index (χ1v) is 10.8. The van der Waals surface area contributed by atoms with E-state index in [1.54, 1.807) is 29.1 Å². The number of hydrogen-bond acceptors (Lipinski definition) is 3. The summed E-state index contributed by atoms with van der Waals surface area (Å²) in [5.74, 6) is 0. The minimum absolute atomic E-state index is 0.0223. The molecule has 0 saturated carbocycles. The Morgan fingerprint density at radius 2 is 1.81 bits per heavy atom. The van der Waals surface area contributed by atoms with Crippen molar-refractivity contribution in [3.8, 4) is 0 Å². The van der Waals surface area contributed by atoms with E-state index in [-0.39, 0.29) is 10.3 Å². The summed E-state index contributed by atoms with van der Waals surface area (Å²) in [5.41, 5.74) is 2.55. The molecule has 0 aliphatic heterocycles. The highest BCUT2D eigenvalue weighted by Crippen LogP contribution is 2.24. The van der Waals surface area contributed by atoms with Crippen LogP contribution in [0.25, 0.3) is 0 Å². The molecule has 5 nitrogen and oxygen atoms in total. The lowest BCUT2D eigenvalue weighted by Gasteiger charge is -2.19. The molecular weight excluding hydrogens is 426 g/mol. The number of benzene rings is 2. The SMILES string of the molecule is CC(C)(C)c1ccc(S(=O)(=O)Nc2cccc(Cn3cc(Br)cn3)c2)cc1. The van der Waals surface area contributed by atoms with Crippen molar-refractivity contribution in [3.05, 3.63) is 76.5 Å². The lowest BCUT2D eigenvalue weighted by Crippen LogP contribution is -2.15. The molecule has 0 radical (unpaired) electrons. The predicted octanol–water partition coefficient (Wildman–Crippen LogP) is 4.79. The fourth-order valence-corrected chi connectivity index (χ4v) is 4.07. The monoisotopic (exact) mass is 447 g/mol. The fourth-order valence-electron chi connectivity index (χ4n) is 2.69. The van der Waals surface area contributed by atoms with Crippen LogP contribution < -0.4 is 4.72 Å². The third-order valence-corrected chi connectivity index (χ3v) is 5.96. The zero-order chi connectivity index (χ0) is 19.7. The predicted molar refractivity (Wildman–Crippen MR) is 111 cm³/mol. The molecule has 0 spiro atoms. The summed E-state index contributed by atoms with van der Waals surface area (Å²) in [7, 11) is -3.64. The zero-order valence-corrected chi connectivity index (χ0v) is 17.9. The van der Waals surface area contributed by atoms with Gasteiger partial charge in [-0.3, -0.25) is 9.40 Å². The number of sulfonamides is 1. The van der Waals surface area contributed by atoms with Gasteiger partial charge in [0.05, 0.1) is 22.1 Å². The lowest BCUT2D eigenvalue weighted by atomic mass is 9.87. The molecule has 3 rings (SSSR count). The van der Waals surface area contributed by atoms with Crippen LogP contribution in [0, 0.1) is 0 Å². The molecule has 1 N–H and O–H groups in total. The second kappa shape index (κ2) is 7.48. The first-order chi connectivity index (χ1) is 12.6. The Hall–Kier alpha value is -2.12. The fraction of sp³-hybridized carbons (Fsp3) is 0.250. The molecule has 27 heavy (non-hydrogen) atoms. The van der Waals surface area contributed by atoms with E-state index in [4.69, 9.17) is 0 Å². The van der Waals surface area contributed by atoms with Crippen LogP contribution in [0.15, 0.2) is 70.3 Å². The molecule has 0 saturated heterocycles. The highest BCUT2D eigenvalue weighted by atomic mass is 79.9. The number of nitrogens with one attached hydrogen (secondary N) is 1. The van der Waals surface area contributed by atoms with Crippen molar-refractivity contribution in [1.82, 2.24) is 9.78 Å². The molecule has 1 heterocycles. The highest BCUT2D eigenvalue weighted by molar-refractivity contribution is 9.10. The Labute approximate surface area is 168 Å². The Kier molecular flexibility index (Phi) is 5.44. The van der Waals surface area contributed by atoms with Crippen molar-refractivity contribution in [2.75, 3.05) is 4.72 Å². The van der Waals surface area contributed by atoms with Crippen molar-refractivity contribution in [3.63, 3.8) is 0 Å². The number of hydrogen-bond donors (Lipinski definition) is 1. The molecule has 142 valence electrons. The van der Waals surface area contributed by atoms with Crippen molar-refractivity contribution in [1.29, 1.82) is 0 Å². The van der Waals surface area contributed by atoms with Gasteiger partial charge in [0.2, 0.25) is 0 Å². The largest absolute Gasteiger partial charge is 0.280 e. The molecule has 0 fully saturated rings. The first kappa shape index (κ1) is 19.6. The van der Waals surface area contributed by atoms with Gasteiger partial charge < -0.3 is 0 Å². The van der Waals surface area contributed by atoms with Crippen LogP contribution in [-0.2, 0) is 22.0 Å². The minimum Gasteiger partial charge on any atom is -0.280 e. The third-order valence-electron chi connectivity index (χ3n) is 4.16. The first-order valence-electron chi connectivity index (χ1n) is 8.54. The smallest absolute Gasteiger partial charge is 0.261 e. The van der Waals surface area contributed by atoms with Crippen molar-refractivity contribution in [2.45, 2.75) is 37.6 Å². The van der Waals surface area contributed by atoms with Crippen molar-refractivity contribution < 1.29 is 8.42 Å². The van der Waals surface area contributed by atoms with E-state index >= 15 is 0 Å². The maximum absolute atomic E-state index is 12.7. The van der Waals surface area contributed by atoms with Gasteiger partial charge in [0.25, 0.3) is 10.0 Å². The molecule has 3 aromatic rings. The summed E-state index contributed by atoms with van der Waals surface area (Å²) in [4.78, 5) is 0.247. The average molecular weight is 448 g/mol. The van der Waals surface area contributed by atoms with Crippen LogP contribution in [0.4, 0.5) is 5.69 Å². The Bertz CT molecular complexity index is 1040. The second-order valence-corrected chi connectivity index (χ2v) is 10.0. The quantitative estimate of drug-likeness (QED) is 0.611. The van der Waals surface area contributed by atoms with Gasteiger partial charge in [0.15, 0.2) is 0 Å². The maximum Gasteiger partial charge on any atom is 0.261 e. The molecule has 2 aromatic carbocycles. The number of nitrogens with zero attached hydrogens (tertiary/aromatic N) is 2. The molecule has 1 aromatic heterocycles. The summed E-state index contributed by atoms with van der Waals surface area (Å²) in [5, 5.41) is 4.22. The summed E-state index contributed by atoms with van der Waals surface area (Å²) >= 11 is 3.37. The number of rotatable bonds is 5. The van der Waals surface area contributed by atoms with Crippen molar-refractivity contribution in [2.24, 2.45) is 0 Å². The second-order valence-electron chi connectivity index (χ2n) is 7.44. The topological polar surface area (TPSA) is 64.0 Å². The molecule has 0 aliphatic rings. The van der Waals surface area contributed by atoms with Crippen LogP contribution >= 0.6 is 15.9 Å². The van der Waals surface area contributed by atoms with E-state index in [1.165, 1.54) is 0 Å². The van der Waals surface area contributed by atoms with Gasteiger partial charge in [-0.1, -0.05) is 45.0 Å². The van der Waals surface area contributed by atoms with E-state index in [1.807, 2.05) is 36.5 Å². The standard InChI is InChI=1S/C20H22BrN3O2S/c1-20(2,3)16-7-9-19(10-8-16)27(25,26)23-18-6-4-5-15(11-18)13-24-14-17(21)12-22-24/h4-12,14,23H,13H2,1-3H3. The lowest BCUT2D eigenvalue weighted by molar-refractivity contribution is 0.587. The zero-order valence-electron chi connectivity index (χ0n) is 15.5. The van der Waals surface area contributed by atoms with Gasteiger partial charge in [-0.05, 0) is 56.7 Å². The van der Waals surface area contributed by atoms with E-state index in [2.05, 4.69) is 46.5 Å². The van der Waals surface area contributed by atoms with Crippen LogP contribution in [0.2, 0.25) is 0 Å². The van der Waals surface area contributed by atoms with Crippen LogP contribution in [0.3, 0.4) is 0 Å². The number of anilines is 1. The van der Waals surface area contributed by atoms with Gasteiger partial charge in [-0.15, -0.1) is 0 Å². The van der Waals surface area contributed by atoms with E-state index in [0.717, 1.165) is 15.6 Å². The molecule has 0 unspecified atom stereocenters. The summed E-state index contributed by atoms with van der Waals surface area (Å²) in [6.45, 7) is 6.84. The third kappa shape index (κ3) is 4.99. The molecular formula is C20H22BrN3O2S. The normalized spacial score (nSPS) is 12.1. The van der Waals surface area contributed by atoms with Crippen LogP contribution in [0.5, 0.6) is 0 Å². The van der Waals surface area contributed by atoms with Gasteiger partial charge >= 0.3 is 0 Å². The number of aromatic nitrogens is 2. The molecule has 0 atom stereocenters. The Morgan fingerprint density at radius 1 is 1.11 bits per heavy atom. The van der Waals surface area contributed by atoms with E-state index in [0.29, 0.717) is 12.2 Å². The molecule has 0 bridgehead atoms. The van der Waals surface area contributed by atoms with E-state index < -0.39 is 10.0 Å². The van der Waals surface area contributed by atoms with Gasteiger partial charge in [0.1, 0.15) is 0 Å². The number of halogens is 1. The molecule has 7 heteroatoms. The summed E-state index contributed by atoms with van der Waals surface area (Å²) < 4.78 is 30.7. The van der Waals surface area contributed by atoms with Crippen LogP contribution in [0.1, 0.15) is 31.9 Å². The van der Waals surface area contributed by atoms with Crippen LogP contribution in [-0.4, -0.2) is 18.2 Å². The van der Waals surface area contributed by atoms with Crippen molar-refractivity contribution >= 4 is 31.6 Å². The molecule has 0 aliphatic carbocycles. The van der Waals surface area contributed by atoms with E-state index in [9.17, 15) is 8.42 Å². The Balaban J connectivity index is 1.78. The van der Waals surface area contributed by atoms with Gasteiger partial charge in [-0.2, -0.15) is 5.10 Å². The summed E-state index contributed by atoms with van der Waals surface area (Å²) in [6, 6.07) is 14.3. The Morgan fingerprint density at radius 3 is 2.41 bits per heavy atom. The summed E-state index contributed by atoms with van der Waals surface area (Å²) in [6.07, 6.45) is 3.58. The average Bonchev–Trinajstić information content (AvgIpc) is 2.99. The highest BCUT2D eigenvalue weighted by Gasteiger charge is 2.17. The van der Waals surface area contributed by atoms with Gasteiger partial charge in [-0.25, -0.2) is 8.42 Å². The maximum atomic E-state index is 12.7. The van der Waals surface area contributed by atoms with Gasteiger partial charge in [0, 0.05) is 11.9 Å².